The number of hydrogen-bond donors (Lipinski definition) is 1. The van der Waals surface area contributed by atoms with Gasteiger partial charge >= 0.3 is 0 Å². The number of carbonyl (C=O) groups is 1. The van der Waals surface area contributed by atoms with E-state index in [9.17, 15) is 13.2 Å². The average Bonchev–Trinajstić information content (AvgIpc) is 3.44. The number of rotatable bonds is 6. The summed E-state index contributed by atoms with van der Waals surface area (Å²) in [6, 6.07) is 4.64. The van der Waals surface area contributed by atoms with Crippen molar-refractivity contribution in [3.05, 3.63) is 41.5 Å². The van der Waals surface area contributed by atoms with Crippen molar-refractivity contribution in [3.63, 3.8) is 0 Å². The lowest BCUT2D eigenvalue weighted by atomic mass is 10.0. The number of aromatic nitrogens is 2. The second-order valence-corrected chi connectivity index (χ2v) is 9.71. The van der Waals surface area contributed by atoms with Crippen LogP contribution >= 0.6 is 0 Å². The minimum Gasteiger partial charge on any atom is -0.360 e. The molecule has 9 heteroatoms. The molecular formula is C20H26N4O4S. The Balaban J connectivity index is 1.41. The maximum Gasteiger partial charge on any atom is 0.273 e. The van der Waals surface area contributed by atoms with Crippen molar-refractivity contribution in [2.24, 2.45) is 0 Å². The van der Waals surface area contributed by atoms with Crippen LogP contribution in [-0.4, -0.2) is 47.4 Å². The average molecular weight is 419 g/mol. The van der Waals surface area contributed by atoms with Crippen molar-refractivity contribution in [2.45, 2.75) is 68.8 Å². The van der Waals surface area contributed by atoms with E-state index in [0.717, 1.165) is 18.6 Å². The molecule has 0 spiro atoms. The first-order chi connectivity index (χ1) is 13.9. The molecular weight excluding hydrogens is 392 g/mol. The first-order valence-corrected chi connectivity index (χ1v) is 11.6. The van der Waals surface area contributed by atoms with E-state index >= 15 is 0 Å². The van der Waals surface area contributed by atoms with Crippen LogP contribution in [0.1, 0.15) is 67.4 Å². The minimum absolute atomic E-state index is 0.107. The summed E-state index contributed by atoms with van der Waals surface area (Å²) in [5, 5.41) is 6.85. The van der Waals surface area contributed by atoms with E-state index in [2.05, 4.69) is 15.5 Å². The van der Waals surface area contributed by atoms with Gasteiger partial charge in [-0.05, 0) is 51.2 Å². The predicted octanol–water partition coefficient (Wildman–Crippen LogP) is 2.48. The molecule has 1 aliphatic carbocycles. The number of hydrogen-bond acceptors (Lipinski definition) is 6. The van der Waals surface area contributed by atoms with Gasteiger partial charge in [-0.15, -0.1) is 0 Å². The Bertz CT molecular complexity index is 999. The zero-order valence-corrected chi connectivity index (χ0v) is 17.5. The molecule has 0 radical (unpaired) electrons. The molecule has 4 rings (SSSR count). The Labute approximate surface area is 170 Å². The van der Waals surface area contributed by atoms with Gasteiger partial charge in [0, 0.05) is 36.8 Å². The van der Waals surface area contributed by atoms with Gasteiger partial charge in [-0.2, -0.15) is 4.31 Å². The number of pyridine rings is 1. The fourth-order valence-corrected chi connectivity index (χ4v) is 5.81. The van der Waals surface area contributed by atoms with Crippen LogP contribution in [0.25, 0.3) is 0 Å². The summed E-state index contributed by atoms with van der Waals surface area (Å²) >= 11 is 0. The summed E-state index contributed by atoms with van der Waals surface area (Å²) < 4.78 is 33.1. The predicted molar refractivity (Wildman–Crippen MR) is 106 cm³/mol. The van der Waals surface area contributed by atoms with E-state index < -0.39 is 10.0 Å². The van der Waals surface area contributed by atoms with E-state index in [1.165, 1.54) is 4.31 Å². The van der Waals surface area contributed by atoms with Crippen molar-refractivity contribution < 1.29 is 17.7 Å². The molecule has 0 unspecified atom stereocenters. The molecule has 0 bridgehead atoms. The molecule has 1 aliphatic heterocycles. The number of piperidine rings is 1. The molecule has 2 aliphatic rings. The van der Waals surface area contributed by atoms with Gasteiger partial charge in [-0.25, -0.2) is 8.42 Å². The van der Waals surface area contributed by atoms with E-state index in [1.807, 2.05) is 13.8 Å². The molecule has 0 aromatic carbocycles. The highest BCUT2D eigenvalue weighted by atomic mass is 32.2. The van der Waals surface area contributed by atoms with Crippen LogP contribution in [-0.2, 0) is 16.4 Å². The van der Waals surface area contributed by atoms with Gasteiger partial charge < -0.3 is 9.84 Å². The van der Waals surface area contributed by atoms with Crippen molar-refractivity contribution in [1.82, 2.24) is 19.8 Å². The number of sulfonamides is 1. The molecule has 2 aromatic heterocycles. The van der Waals surface area contributed by atoms with Gasteiger partial charge in [0.1, 0.15) is 10.7 Å². The van der Waals surface area contributed by atoms with Crippen molar-refractivity contribution >= 4 is 15.9 Å². The molecule has 1 saturated carbocycles. The topological polar surface area (TPSA) is 105 Å². The van der Waals surface area contributed by atoms with Crippen molar-refractivity contribution in [3.8, 4) is 0 Å². The molecule has 1 amide bonds. The quantitative estimate of drug-likeness (QED) is 0.773. The van der Waals surface area contributed by atoms with Gasteiger partial charge in [-0.1, -0.05) is 12.1 Å². The normalized spacial score (nSPS) is 23.1. The van der Waals surface area contributed by atoms with Crippen LogP contribution in [0, 0.1) is 0 Å². The lowest BCUT2D eigenvalue weighted by molar-refractivity contribution is 0.0905. The third-order valence-corrected chi connectivity index (χ3v) is 7.75. The summed E-state index contributed by atoms with van der Waals surface area (Å²) in [4.78, 5) is 17.0. The summed E-state index contributed by atoms with van der Waals surface area (Å²) in [7, 11) is -3.63. The Hall–Kier alpha value is -2.26. The third-order valence-electron chi connectivity index (χ3n) is 5.66. The molecule has 2 aromatic rings. The molecule has 29 heavy (non-hydrogen) atoms. The maximum absolute atomic E-state index is 13.2. The molecule has 1 N–H and O–H groups in total. The molecule has 8 nitrogen and oxygen atoms in total. The van der Waals surface area contributed by atoms with Gasteiger partial charge in [-0.3, -0.25) is 9.78 Å². The van der Waals surface area contributed by atoms with Crippen LogP contribution in [0.4, 0.5) is 0 Å². The highest BCUT2D eigenvalue weighted by Crippen LogP contribution is 2.40. The van der Waals surface area contributed by atoms with Gasteiger partial charge in [0.2, 0.25) is 10.0 Å². The van der Waals surface area contributed by atoms with Gasteiger partial charge in [0.05, 0.1) is 5.69 Å². The number of amides is 1. The Morgan fingerprint density at radius 3 is 2.83 bits per heavy atom. The second-order valence-electron chi connectivity index (χ2n) is 7.85. The Morgan fingerprint density at radius 1 is 1.34 bits per heavy atom. The zero-order chi connectivity index (χ0) is 20.6. The summed E-state index contributed by atoms with van der Waals surface area (Å²) in [6.45, 7) is 4.11. The second kappa shape index (κ2) is 7.87. The maximum atomic E-state index is 13.2. The van der Waals surface area contributed by atoms with E-state index in [0.29, 0.717) is 37.4 Å². The van der Waals surface area contributed by atoms with Gasteiger partial charge in [0.25, 0.3) is 5.91 Å². The van der Waals surface area contributed by atoms with Crippen LogP contribution in [0.15, 0.2) is 33.8 Å². The van der Waals surface area contributed by atoms with E-state index in [-0.39, 0.29) is 28.6 Å². The molecule has 3 heterocycles. The fraction of sp³-hybridized carbons (Fsp3) is 0.550. The van der Waals surface area contributed by atoms with Crippen LogP contribution in [0.2, 0.25) is 0 Å². The lowest BCUT2D eigenvalue weighted by Crippen LogP contribution is -2.51. The Morgan fingerprint density at radius 2 is 2.14 bits per heavy atom. The van der Waals surface area contributed by atoms with E-state index in [4.69, 9.17) is 4.52 Å². The summed E-state index contributed by atoms with van der Waals surface area (Å²) in [5.41, 5.74) is 0.866. The van der Waals surface area contributed by atoms with Crippen LogP contribution < -0.4 is 5.32 Å². The van der Waals surface area contributed by atoms with Crippen LogP contribution in [0.5, 0.6) is 0 Å². The first kappa shape index (κ1) is 20.0. The number of nitrogens with one attached hydrogen (secondary N) is 1. The summed E-state index contributed by atoms with van der Waals surface area (Å²) in [5.74, 6) is 0.903. The van der Waals surface area contributed by atoms with E-state index in [1.54, 1.807) is 24.4 Å². The Kier molecular flexibility index (Phi) is 5.44. The minimum atomic E-state index is -3.63. The first-order valence-electron chi connectivity index (χ1n) is 10.1. The van der Waals surface area contributed by atoms with Crippen molar-refractivity contribution in [1.29, 1.82) is 0 Å². The number of aryl methyl sites for hydroxylation is 1. The smallest absolute Gasteiger partial charge is 0.273 e. The molecule has 2 atom stereocenters. The highest BCUT2D eigenvalue weighted by Gasteiger charge is 2.36. The monoisotopic (exact) mass is 418 g/mol. The standard InChI is InChI=1S/C20H26N4O4S/c1-3-16-19(5-4-9-21-16)29(26,27)24-10-8-15(11-13(24)2)22-20(25)17-12-18(28-23-17)14-6-7-14/h4-5,9,12-15H,3,6-8,10-11H2,1-2H3,(H,22,25)/t13-,15-/m0/s1. The summed E-state index contributed by atoms with van der Waals surface area (Å²) in [6.07, 6.45) is 5.41. The zero-order valence-electron chi connectivity index (χ0n) is 16.7. The lowest BCUT2D eigenvalue weighted by Gasteiger charge is -2.37. The molecule has 1 saturated heterocycles. The molecule has 2 fully saturated rings. The number of carbonyl (C=O) groups excluding carboxylic acids is 1. The number of nitrogens with zero attached hydrogens (tertiary/aromatic N) is 3. The van der Waals surface area contributed by atoms with Crippen molar-refractivity contribution in [2.75, 3.05) is 6.54 Å². The fourth-order valence-electron chi connectivity index (χ4n) is 3.90. The molecule has 156 valence electrons. The highest BCUT2D eigenvalue weighted by molar-refractivity contribution is 7.89. The third kappa shape index (κ3) is 4.06. The van der Waals surface area contributed by atoms with Crippen LogP contribution in [0.3, 0.4) is 0 Å². The van der Waals surface area contributed by atoms with Gasteiger partial charge in [0.15, 0.2) is 5.69 Å². The largest absolute Gasteiger partial charge is 0.360 e. The SMILES string of the molecule is CCc1ncccc1S(=O)(=O)N1CC[C@H](NC(=O)c2cc(C3CC3)on2)C[C@@H]1C.